The maximum absolute atomic E-state index is 14.1. The second-order valence-corrected chi connectivity index (χ2v) is 5.42. The zero-order valence-corrected chi connectivity index (χ0v) is 13.4. The molecule has 0 saturated heterocycles. The summed E-state index contributed by atoms with van der Waals surface area (Å²) >= 11 is 3.41. The van der Waals surface area contributed by atoms with Gasteiger partial charge in [0.15, 0.2) is 0 Å². The van der Waals surface area contributed by atoms with Crippen LogP contribution in [-0.4, -0.2) is 13.7 Å². The molecule has 112 valence electrons. The highest BCUT2D eigenvalue weighted by molar-refractivity contribution is 9.10. The number of hydrogen-bond acceptors (Lipinski definition) is 2. The molecule has 0 amide bonds. The van der Waals surface area contributed by atoms with Crippen LogP contribution in [0.25, 0.3) is 0 Å². The van der Waals surface area contributed by atoms with Crippen molar-refractivity contribution in [3.8, 4) is 5.75 Å². The molecule has 1 atom stereocenters. The Labute approximate surface area is 131 Å². The monoisotopic (exact) mass is 355 g/mol. The van der Waals surface area contributed by atoms with Gasteiger partial charge in [-0.1, -0.05) is 22.0 Å². The lowest BCUT2D eigenvalue weighted by Gasteiger charge is -2.21. The third-order valence-electron chi connectivity index (χ3n) is 3.14. The molecule has 0 spiro atoms. The summed E-state index contributed by atoms with van der Waals surface area (Å²) in [6.45, 7) is 2.40. The van der Waals surface area contributed by atoms with Crippen LogP contribution in [0.3, 0.4) is 0 Å². The molecule has 0 bridgehead atoms. The number of rotatable bonds is 5. The molecule has 1 N–H and O–H groups in total. The van der Waals surface area contributed by atoms with Gasteiger partial charge in [0.2, 0.25) is 0 Å². The van der Waals surface area contributed by atoms with Gasteiger partial charge in [0.1, 0.15) is 17.4 Å². The Balaban J connectivity index is 2.52. The predicted octanol–water partition coefficient (Wildman–Crippen LogP) is 4.43. The van der Waals surface area contributed by atoms with E-state index in [-0.39, 0.29) is 0 Å². The first-order chi connectivity index (χ1) is 10.1. The van der Waals surface area contributed by atoms with E-state index in [1.165, 1.54) is 12.1 Å². The lowest BCUT2D eigenvalue weighted by atomic mass is 9.97. The van der Waals surface area contributed by atoms with Crippen LogP contribution in [-0.2, 0) is 0 Å². The van der Waals surface area contributed by atoms with Gasteiger partial charge in [-0.05, 0) is 38.2 Å². The second kappa shape index (κ2) is 7.00. The topological polar surface area (TPSA) is 21.3 Å². The Bertz CT molecular complexity index is 634. The van der Waals surface area contributed by atoms with Gasteiger partial charge >= 0.3 is 0 Å². The molecule has 0 radical (unpaired) electrons. The van der Waals surface area contributed by atoms with Crippen molar-refractivity contribution in [1.82, 2.24) is 5.32 Å². The first-order valence-electron chi connectivity index (χ1n) is 6.61. The smallest absolute Gasteiger partial charge is 0.131 e. The summed E-state index contributed by atoms with van der Waals surface area (Å²) in [7, 11) is 1.73. The number of halogens is 3. The van der Waals surface area contributed by atoms with Crippen LogP contribution in [0.4, 0.5) is 8.78 Å². The van der Waals surface area contributed by atoms with Crippen molar-refractivity contribution < 1.29 is 13.5 Å². The fourth-order valence-electron chi connectivity index (χ4n) is 2.25. The molecule has 0 aliphatic rings. The van der Waals surface area contributed by atoms with E-state index in [0.29, 0.717) is 17.9 Å². The average molecular weight is 356 g/mol. The van der Waals surface area contributed by atoms with Crippen LogP contribution >= 0.6 is 15.9 Å². The molecule has 0 heterocycles. The first kappa shape index (κ1) is 15.9. The van der Waals surface area contributed by atoms with Crippen molar-refractivity contribution in [2.45, 2.75) is 13.0 Å². The van der Waals surface area contributed by atoms with Crippen LogP contribution in [0.5, 0.6) is 5.75 Å². The van der Waals surface area contributed by atoms with Crippen molar-refractivity contribution in [2.24, 2.45) is 0 Å². The normalized spacial score (nSPS) is 12.2. The first-order valence-corrected chi connectivity index (χ1v) is 7.40. The molecule has 0 aliphatic carbocycles. The Morgan fingerprint density at radius 3 is 2.52 bits per heavy atom. The van der Waals surface area contributed by atoms with Gasteiger partial charge in [-0.15, -0.1) is 0 Å². The van der Waals surface area contributed by atoms with E-state index >= 15 is 0 Å². The molecule has 0 fully saturated rings. The fraction of sp³-hybridized carbons (Fsp3) is 0.250. The van der Waals surface area contributed by atoms with E-state index in [2.05, 4.69) is 21.2 Å². The zero-order valence-electron chi connectivity index (χ0n) is 11.8. The van der Waals surface area contributed by atoms with Crippen LogP contribution in [0.1, 0.15) is 24.1 Å². The minimum Gasteiger partial charge on any atom is -0.494 e. The zero-order chi connectivity index (χ0) is 15.4. The van der Waals surface area contributed by atoms with Gasteiger partial charge in [0.05, 0.1) is 12.6 Å². The number of nitrogens with one attached hydrogen (secondary N) is 1. The van der Waals surface area contributed by atoms with Crippen LogP contribution < -0.4 is 10.1 Å². The molecule has 2 rings (SSSR count). The summed E-state index contributed by atoms with van der Waals surface area (Å²) in [5.41, 5.74) is 1.16. The van der Waals surface area contributed by atoms with Gasteiger partial charge in [0, 0.05) is 21.7 Å². The molecule has 1 unspecified atom stereocenters. The molecule has 2 aromatic carbocycles. The largest absolute Gasteiger partial charge is 0.494 e. The standard InChI is InChI=1S/C16H16BrF2NO/c1-3-21-15-7-4-10(17)8-13(15)16(20-2)12-6-5-11(18)9-14(12)19/h4-9,16,20H,3H2,1-2H3. The van der Waals surface area contributed by atoms with Gasteiger partial charge < -0.3 is 10.1 Å². The Morgan fingerprint density at radius 1 is 1.14 bits per heavy atom. The molecule has 2 nitrogen and oxygen atoms in total. The van der Waals surface area contributed by atoms with Crippen LogP contribution in [0.2, 0.25) is 0 Å². The van der Waals surface area contributed by atoms with Crippen molar-refractivity contribution in [1.29, 1.82) is 0 Å². The highest BCUT2D eigenvalue weighted by Crippen LogP contribution is 2.33. The maximum Gasteiger partial charge on any atom is 0.131 e. The Morgan fingerprint density at radius 2 is 1.90 bits per heavy atom. The fourth-order valence-corrected chi connectivity index (χ4v) is 2.62. The van der Waals surface area contributed by atoms with E-state index in [0.717, 1.165) is 16.1 Å². The minimum atomic E-state index is -0.592. The molecule has 21 heavy (non-hydrogen) atoms. The van der Waals surface area contributed by atoms with Crippen LogP contribution in [0, 0.1) is 11.6 Å². The molecular weight excluding hydrogens is 340 g/mol. The maximum atomic E-state index is 14.1. The van der Waals surface area contributed by atoms with Gasteiger partial charge in [-0.25, -0.2) is 8.78 Å². The van der Waals surface area contributed by atoms with E-state index < -0.39 is 17.7 Å². The number of ether oxygens (including phenoxy) is 1. The van der Waals surface area contributed by atoms with Crippen molar-refractivity contribution in [3.05, 3.63) is 63.6 Å². The quantitative estimate of drug-likeness (QED) is 0.856. The average Bonchev–Trinajstić information content (AvgIpc) is 2.45. The summed E-state index contributed by atoms with van der Waals surface area (Å²) in [5, 5.41) is 3.06. The molecule has 0 aromatic heterocycles. The number of hydrogen-bond donors (Lipinski definition) is 1. The van der Waals surface area contributed by atoms with E-state index in [1.807, 2.05) is 25.1 Å². The van der Waals surface area contributed by atoms with Crippen molar-refractivity contribution in [3.63, 3.8) is 0 Å². The van der Waals surface area contributed by atoms with E-state index in [1.54, 1.807) is 7.05 Å². The predicted molar refractivity (Wildman–Crippen MR) is 82.6 cm³/mol. The third-order valence-corrected chi connectivity index (χ3v) is 3.64. The molecule has 5 heteroatoms. The van der Waals surface area contributed by atoms with Crippen LogP contribution in [0.15, 0.2) is 40.9 Å². The Kier molecular flexibility index (Phi) is 5.31. The summed E-state index contributed by atoms with van der Waals surface area (Å²) in [4.78, 5) is 0. The number of benzene rings is 2. The summed E-state index contributed by atoms with van der Waals surface area (Å²) in [6.07, 6.45) is 0. The van der Waals surface area contributed by atoms with E-state index in [9.17, 15) is 8.78 Å². The second-order valence-electron chi connectivity index (χ2n) is 4.50. The molecule has 2 aromatic rings. The summed E-state index contributed by atoms with van der Waals surface area (Å²) in [6, 6.07) is 8.72. The summed E-state index contributed by atoms with van der Waals surface area (Å²) in [5.74, 6) is -0.508. The van der Waals surface area contributed by atoms with Crippen molar-refractivity contribution in [2.75, 3.05) is 13.7 Å². The molecule has 0 saturated carbocycles. The summed E-state index contributed by atoms with van der Waals surface area (Å²) < 4.78 is 33.6. The van der Waals surface area contributed by atoms with Crippen molar-refractivity contribution >= 4 is 15.9 Å². The third kappa shape index (κ3) is 3.60. The SMILES string of the molecule is CCOc1ccc(Br)cc1C(NC)c1ccc(F)cc1F. The Hall–Kier alpha value is -1.46. The molecule has 0 aliphatic heterocycles. The lowest BCUT2D eigenvalue weighted by Crippen LogP contribution is -2.20. The lowest BCUT2D eigenvalue weighted by molar-refractivity contribution is 0.333. The minimum absolute atomic E-state index is 0.373. The van der Waals surface area contributed by atoms with Gasteiger partial charge in [-0.2, -0.15) is 0 Å². The highest BCUT2D eigenvalue weighted by atomic mass is 79.9. The van der Waals surface area contributed by atoms with Gasteiger partial charge in [0.25, 0.3) is 0 Å². The highest BCUT2D eigenvalue weighted by Gasteiger charge is 2.20. The van der Waals surface area contributed by atoms with E-state index in [4.69, 9.17) is 4.74 Å². The van der Waals surface area contributed by atoms with Gasteiger partial charge in [-0.3, -0.25) is 0 Å². The molecular formula is C16H16BrF2NO.